The van der Waals surface area contributed by atoms with Crippen molar-refractivity contribution in [2.24, 2.45) is 0 Å². The van der Waals surface area contributed by atoms with Crippen molar-refractivity contribution in [2.75, 3.05) is 0 Å². The van der Waals surface area contributed by atoms with E-state index in [1.165, 1.54) is 6.20 Å². The van der Waals surface area contributed by atoms with E-state index in [0.717, 1.165) is 16.9 Å². The molecule has 0 fully saturated rings. The zero-order valence-corrected chi connectivity index (χ0v) is 16.2. The van der Waals surface area contributed by atoms with Gasteiger partial charge in [-0.25, -0.2) is 9.67 Å². The molecule has 28 heavy (non-hydrogen) atoms. The molecule has 1 amide bonds. The maximum absolute atomic E-state index is 12.6. The number of rotatable bonds is 4. The zero-order valence-electron chi connectivity index (χ0n) is 15.5. The van der Waals surface area contributed by atoms with Gasteiger partial charge in [-0.05, 0) is 38.1 Å². The van der Waals surface area contributed by atoms with Crippen LogP contribution in [0.15, 0.2) is 54.9 Å². The first kappa shape index (κ1) is 18.1. The first-order chi connectivity index (χ1) is 13.5. The van der Waals surface area contributed by atoms with Crippen LogP contribution >= 0.6 is 11.6 Å². The van der Waals surface area contributed by atoms with Crippen LogP contribution in [0, 0.1) is 13.8 Å². The monoisotopic (exact) mass is 391 g/mol. The molecule has 140 valence electrons. The van der Waals surface area contributed by atoms with Crippen LogP contribution < -0.4 is 5.32 Å². The molecule has 0 aliphatic carbocycles. The van der Waals surface area contributed by atoms with Crippen LogP contribution in [0.3, 0.4) is 0 Å². The molecule has 0 saturated heterocycles. The smallest absolute Gasteiger partial charge is 0.254 e. The van der Waals surface area contributed by atoms with Crippen molar-refractivity contribution in [3.8, 4) is 5.69 Å². The van der Waals surface area contributed by atoms with Crippen LogP contribution in [0.1, 0.15) is 27.3 Å². The standard InChI is InChI=1S/C21H18ClN5O/c1-13-6-8-16(9-7-13)27-20-18(14(2)26-27)19(22)17(12-24-20)21(28)25-11-15-5-3-4-10-23-15/h3-10,12H,11H2,1-2H3,(H,25,28). The van der Waals surface area contributed by atoms with Crippen molar-refractivity contribution in [2.45, 2.75) is 20.4 Å². The number of pyridine rings is 2. The molecule has 4 rings (SSSR count). The molecule has 1 aromatic carbocycles. The minimum Gasteiger partial charge on any atom is -0.346 e. The molecule has 7 heteroatoms. The first-order valence-corrected chi connectivity index (χ1v) is 9.21. The van der Waals surface area contributed by atoms with E-state index in [1.54, 1.807) is 10.9 Å². The molecule has 4 aromatic rings. The maximum Gasteiger partial charge on any atom is 0.254 e. The van der Waals surface area contributed by atoms with Gasteiger partial charge in [-0.3, -0.25) is 9.78 Å². The van der Waals surface area contributed by atoms with E-state index in [0.29, 0.717) is 33.9 Å². The van der Waals surface area contributed by atoms with Crippen LogP contribution in [0.4, 0.5) is 0 Å². The summed E-state index contributed by atoms with van der Waals surface area (Å²) in [5.41, 5.74) is 4.47. The first-order valence-electron chi connectivity index (χ1n) is 8.83. The number of nitrogens with zero attached hydrogens (tertiary/aromatic N) is 4. The predicted molar refractivity (Wildman–Crippen MR) is 109 cm³/mol. The third-order valence-corrected chi connectivity index (χ3v) is 4.88. The number of hydrogen-bond acceptors (Lipinski definition) is 4. The average molecular weight is 392 g/mol. The van der Waals surface area contributed by atoms with E-state index < -0.39 is 0 Å². The highest BCUT2D eigenvalue weighted by Gasteiger charge is 2.20. The Balaban J connectivity index is 1.68. The van der Waals surface area contributed by atoms with E-state index in [4.69, 9.17) is 11.6 Å². The lowest BCUT2D eigenvalue weighted by atomic mass is 10.2. The van der Waals surface area contributed by atoms with Gasteiger partial charge < -0.3 is 5.32 Å². The Morgan fingerprint density at radius 2 is 1.89 bits per heavy atom. The largest absolute Gasteiger partial charge is 0.346 e. The fourth-order valence-electron chi connectivity index (χ4n) is 3.00. The molecular weight excluding hydrogens is 374 g/mol. The molecule has 1 N–H and O–H groups in total. The Morgan fingerprint density at radius 3 is 2.61 bits per heavy atom. The van der Waals surface area contributed by atoms with Crippen molar-refractivity contribution >= 4 is 28.5 Å². The number of aromatic nitrogens is 4. The quantitative estimate of drug-likeness (QED) is 0.570. The SMILES string of the molecule is Cc1ccc(-n2nc(C)c3c(Cl)c(C(=O)NCc4ccccn4)cnc32)cc1. The molecular formula is C21H18ClN5O. The number of halogens is 1. The van der Waals surface area contributed by atoms with Gasteiger partial charge in [0.2, 0.25) is 0 Å². The van der Waals surface area contributed by atoms with Crippen LogP contribution in [0.5, 0.6) is 0 Å². The molecule has 3 heterocycles. The van der Waals surface area contributed by atoms with Gasteiger partial charge >= 0.3 is 0 Å². The summed E-state index contributed by atoms with van der Waals surface area (Å²) in [4.78, 5) is 21.3. The topological polar surface area (TPSA) is 72.7 Å². The van der Waals surface area contributed by atoms with Gasteiger partial charge in [-0.1, -0.05) is 35.4 Å². The van der Waals surface area contributed by atoms with Gasteiger partial charge in [0, 0.05) is 12.4 Å². The Morgan fingerprint density at radius 1 is 1.11 bits per heavy atom. The van der Waals surface area contributed by atoms with Crippen molar-refractivity contribution in [1.29, 1.82) is 0 Å². The number of carbonyl (C=O) groups excluding carboxylic acids is 1. The van der Waals surface area contributed by atoms with Gasteiger partial charge in [0.05, 0.1) is 39.6 Å². The molecule has 0 unspecified atom stereocenters. The summed E-state index contributed by atoms with van der Waals surface area (Å²) in [5, 5.41) is 8.42. The van der Waals surface area contributed by atoms with Crippen molar-refractivity contribution in [1.82, 2.24) is 25.1 Å². The average Bonchev–Trinajstić information content (AvgIpc) is 3.05. The zero-order chi connectivity index (χ0) is 19.7. The van der Waals surface area contributed by atoms with Crippen LogP contribution in [-0.2, 0) is 6.54 Å². The number of nitrogens with one attached hydrogen (secondary N) is 1. The van der Waals surface area contributed by atoms with Crippen LogP contribution in [0.25, 0.3) is 16.7 Å². The second kappa shape index (κ2) is 7.40. The van der Waals surface area contributed by atoms with Gasteiger partial charge in [0.15, 0.2) is 5.65 Å². The Labute approximate surface area is 167 Å². The summed E-state index contributed by atoms with van der Waals surface area (Å²) in [7, 11) is 0. The van der Waals surface area contributed by atoms with Gasteiger partial charge in [0.1, 0.15) is 0 Å². The highest BCUT2D eigenvalue weighted by atomic mass is 35.5. The number of carbonyl (C=O) groups is 1. The molecule has 0 bridgehead atoms. The molecule has 0 spiro atoms. The molecule has 0 aliphatic rings. The summed E-state index contributed by atoms with van der Waals surface area (Å²) in [6.45, 7) is 4.20. The second-order valence-corrected chi connectivity index (χ2v) is 6.90. The van der Waals surface area contributed by atoms with Gasteiger partial charge in [0.25, 0.3) is 5.91 Å². The number of hydrogen-bond donors (Lipinski definition) is 1. The molecule has 0 aliphatic heterocycles. The Hall–Kier alpha value is -3.25. The minimum absolute atomic E-state index is 0.299. The second-order valence-electron chi connectivity index (χ2n) is 6.52. The fraction of sp³-hybridized carbons (Fsp3) is 0.143. The number of amides is 1. The lowest BCUT2D eigenvalue weighted by Crippen LogP contribution is -2.23. The van der Waals surface area contributed by atoms with Crippen molar-refractivity contribution < 1.29 is 4.79 Å². The molecule has 0 atom stereocenters. The summed E-state index contributed by atoms with van der Waals surface area (Å²) in [5.74, 6) is -0.299. The molecule has 3 aromatic heterocycles. The third kappa shape index (κ3) is 3.34. The lowest BCUT2D eigenvalue weighted by Gasteiger charge is -2.08. The number of fused-ring (bicyclic) bond motifs is 1. The van der Waals surface area contributed by atoms with Crippen LogP contribution in [-0.4, -0.2) is 25.7 Å². The highest BCUT2D eigenvalue weighted by molar-refractivity contribution is 6.38. The highest BCUT2D eigenvalue weighted by Crippen LogP contribution is 2.30. The van der Waals surface area contributed by atoms with E-state index in [9.17, 15) is 4.79 Å². The van der Waals surface area contributed by atoms with Gasteiger partial charge in [-0.15, -0.1) is 0 Å². The minimum atomic E-state index is -0.299. The number of aryl methyl sites for hydroxylation is 2. The van der Waals surface area contributed by atoms with E-state index >= 15 is 0 Å². The normalized spacial score (nSPS) is 11.0. The van der Waals surface area contributed by atoms with Crippen molar-refractivity contribution in [3.63, 3.8) is 0 Å². The van der Waals surface area contributed by atoms with E-state index in [2.05, 4.69) is 20.4 Å². The van der Waals surface area contributed by atoms with Crippen LogP contribution in [0.2, 0.25) is 5.02 Å². The number of benzene rings is 1. The summed E-state index contributed by atoms with van der Waals surface area (Å²) >= 11 is 6.58. The van der Waals surface area contributed by atoms with Crippen molar-refractivity contribution in [3.05, 3.63) is 82.4 Å². The predicted octanol–water partition coefficient (Wildman–Crippen LogP) is 4.02. The summed E-state index contributed by atoms with van der Waals surface area (Å²) in [6, 6.07) is 13.5. The summed E-state index contributed by atoms with van der Waals surface area (Å²) in [6.07, 6.45) is 3.18. The van der Waals surface area contributed by atoms with E-state index in [1.807, 2.05) is 56.3 Å². The molecule has 0 saturated carbocycles. The molecule has 6 nitrogen and oxygen atoms in total. The van der Waals surface area contributed by atoms with E-state index in [-0.39, 0.29) is 5.91 Å². The molecule has 0 radical (unpaired) electrons. The third-order valence-electron chi connectivity index (χ3n) is 4.49. The maximum atomic E-state index is 12.6. The lowest BCUT2D eigenvalue weighted by molar-refractivity contribution is 0.0950. The summed E-state index contributed by atoms with van der Waals surface area (Å²) < 4.78 is 1.74. The fourth-order valence-corrected chi connectivity index (χ4v) is 3.36. The Bertz CT molecular complexity index is 1150. The van der Waals surface area contributed by atoms with Gasteiger partial charge in [-0.2, -0.15) is 5.10 Å². The Kier molecular flexibility index (Phi) is 4.79.